The molecule has 4 aromatic rings. The van der Waals surface area contributed by atoms with Crippen LogP contribution in [0.15, 0.2) is 67.1 Å². The third-order valence-electron chi connectivity index (χ3n) is 4.47. The van der Waals surface area contributed by atoms with Crippen molar-refractivity contribution in [3.63, 3.8) is 0 Å². The molecule has 0 spiro atoms. The first-order valence-electron chi connectivity index (χ1n) is 8.98. The van der Waals surface area contributed by atoms with Gasteiger partial charge in [-0.1, -0.05) is 18.2 Å². The van der Waals surface area contributed by atoms with Crippen LogP contribution in [-0.2, 0) is 4.79 Å². The van der Waals surface area contributed by atoms with Crippen LogP contribution in [-0.4, -0.2) is 36.2 Å². The average molecular weight is 386 g/mol. The number of carbonyl (C=O) groups is 2. The summed E-state index contributed by atoms with van der Waals surface area (Å²) in [5, 5.41) is 11.1. The molecule has 0 saturated heterocycles. The van der Waals surface area contributed by atoms with Crippen molar-refractivity contribution < 1.29 is 9.59 Å². The average Bonchev–Trinajstić information content (AvgIpc) is 3.37. The van der Waals surface area contributed by atoms with Gasteiger partial charge >= 0.3 is 0 Å². The Balaban J connectivity index is 1.54. The summed E-state index contributed by atoms with van der Waals surface area (Å²) in [6.07, 6.45) is 4.89. The summed E-state index contributed by atoms with van der Waals surface area (Å²) >= 11 is 0. The van der Waals surface area contributed by atoms with Gasteiger partial charge in [0, 0.05) is 12.4 Å². The van der Waals surface area contributed by atoms with E-state index in [2.05, 4.69) is 20.5 Å². The maximum atomic E-state index is 12.8. The van der Waals surface area contributed by atoms with Crippen LogP contribution in [0.1, 0.15) is 21.7 Å². The summed E-state index contributed by atoms with van der Waals surface area (Å²) < 4.78 is 3.26. The van der Waals surface area contributed by atoms with Gasteiger partial charge in [-0.15, -0.1) is 0 Å². The van der Waals surface area contributed by atoms with E-state index in [4.69, 9.17) is 0 Å². The molecular formula is C21H18N6O2. The molecule has 0 bridgehead atoms. The van der Waals surface area contributed by atoms with Crippen molar-refractivity contribution in [2.75, 3.05) is 5.32 Å². The van der Waals surface area contributed by atoms with Gasteiger partial charge in [0.2, 0.25) is 0 Å². The molecule has 144 valence electrons. The van der Waals surface area contributed by atoms with E-state index < -0.39 is 11.7 Å². The summed E-state index contributed by atoms with van der Waals surface area (Å²) in [4.78, 5) is 29.6. The van der Waals surface area contributed by atoms with Crippen molar-refractivity contribution in [3.8, 4) is 11.5 Å². The molecule has 0 atom stereocenters. The van der Waals surface area contributed by atoms with Gasteiger partial charge in [-0.25, -0.2) is 14.3 Å². The zero-order valence-corrected chi connectivity index (χ0v) is 15.9. The predicted molar refractivity (Wildman–Crippen MR) is 107 cm³/mol. The number of pyridine rings is 1. The van der Waals surface area contributed by atoms with E-state index in [0.29, 0.717) is 28.5 Å². The maximum Gasteiger partial charge on any atom is 0.296 e. The van der Waals surface area contributed by atoms with Gasteiger partial charge in [-0.05, 0) is 44.2 Å². The molecule has 3 aromatic heterocycles. The fourth-order valence-corrected chi connectivity index (χ4v) is 3.09. The summed E-state index contributed by atoms with van der Waals surface area (Å²) in [7, 11) is 0. The predicted octanol–water partition coefficient (Wildman–Crippen LogP) is 2.89. The third kappa shape index (κ3) is 3.55. The second-order valence-electron chi connectivity index (χ2n) is 6.43. The van der Waals surface area contributed by atoms with Crippen molar-refractivity contribution in [1.82, 2.24) is 24.5 Å². The van der Waals surface area contributed by atoms with Crippen LogP contribution in [0.4, 0.5) is 5.69 Å². The standard InChI is InChI=1S/C21H18N6O2/c1-14-19(15(2)27(25-14)17-7-4-3-5-8-17)20(28)21(29)24-16-9-10-18(22-13-16)26-12-6-11-23-26/h3-13H,1-2H3,(H,24,29). The molecule has 0 aliphatic rings. The number of aromatic nitrogens is 5. The molecule has 1 N–H and O–H groups in total. The SMILES string of the molecule is Cc1nn(-c2ccccc2)c(C)c1C(=O)C(=O)Nc1ccc(-n2cccn2)nc1. The van der Waals surface area contributed by atoms with Crippen molar-refractivity contribution >= 4 is 17.4 Å². The zero-order valence-electron chi connectivity index (χ0n) is 15.9. The number of rotatable bonds is 5. The summed E-state index contributed by atoms with van der Waals surface area (Å²) in [5.74, 6) is -0.772. The van der Waals surface area contributed by atoms with Crippen LogP contribution in [0.3, 0.4) is 0 Å². The van der Waals surface area contributed by atoms with Crippen molar-refractivity contribution in [2.24, 2.45) is 0 Å². The first kappa shape index (κ1) is 18.3. The van der Waals surface area contributed by atoms with Crippen LogP contribution in [0.25, 0.3) is 11.5 Å². The number of anilines is 1. The van der Waals surface area contributed by atoms with E-state index in [1.807, 2.05) is 30.3 Å². The minimum atomic E-state index is -0.738. The molecule has 0 aliphatic heterocycles. The summed E-state index contributed by atoms with van der Waals surface area (Å²) in [6, 6.07) is 14.6. The number of ketones is 1. The van der Waals surface area contributed by atoms with Gasteiger partial charge in [0.05, 0.1) is 34.5 Å². The highest BCUT2D eigenvalue weighted by Crippen LogP contribution is 2.19. The number of amides is 1. The van der Waals surface area contributed by atoms with E-state index in [1.165, 1.54) is 6.20 Å². The van der Waals surface area contributed by atoms with Crippen LogP contribution in [0.5, 0.6) is 0 Å². The third-order valence-corrected chi connectivity index (χ3v) is 4.47. The lowest BCUT2D eigenvalue weighted by Crippen LogP contribution is -2.24. The van der Waals surface area contributed by atoms with Gasteiger partial charge in [0.1, 0.15) is 0 Å². The molecular weight excluding hydrogens is 368 g/mol. The van der Waals surface area contributed by atoms with E-state index >= 15 is 0 Å². The molecule has 0 saturated carbocycles. The second kappa shape index (κ2) is 7.51. The van der Waals surface area contributed by atoms with Gasteiger partial charge in [0.25, 0.3) is 11.7 Å². The maximum absolute atomic E-state index is 12.8. The number of para-hydroxylation sites is 1. The topological polar surface area (TPSA) is 94.7 Å². The van der Waals surface area contributed by atoms with Crippen molar-refractivity contribution in [2.45, 2.75) is 13.8 Å². The fraction of sp³-hybridized carbons (Fsp3) is 0.0952. The molecule has 8 heteroatoms. The lowest BCUT2D eigenvalue weighted by molar-refractivity contribution is -0.112. The molecule has 0 aliphatic carbocycles. The minimum Gasteiger partial charge on any atom is -0.318 e. The van der Waals surface area contributed by atoms with Gasteiger partial charge < -0.3 is 5.32 Å². The molecule has 1 amide bonds. The van der Waals surface area contributed by atoms with Gasteiger partial charge in [-0.3, -0.25) is 9.59 Å². The Morgan fingerprint density at radius 1 is 1.00 bits per heavy atom. The normalized spacial score (nSPS) is 10.7. The highest BCUT2D eigenvalue weighted by atomic mass is 16.2. The number of nitrogens with one attached hydrogen (secondary N) is 1. The van der Waals surface area contributed by atoms with Crippen molar-refractivity contribution in [3.05, 3.63) is 84.1 Å². The highest BCUT2D eigenvalue weighted by molar-refractivity contribution is 6.47. The molecule has 3 heterocycles. The smallest absolute Gasteiger partial charge is 0.296 e. The number of aryl methyl sites for hydroxylation is 1. The molecule has 0 fully saturated rings. The van der Waals surface area contributed by atoms with E-state index in [0.717, 1.165) is 5.69 Å². The van der Waals surface area contributed by atoms with Gasteiger partial charge in [-0.2, -0.15) is 10.2 Å². The molecule has 29 heavy (non-hydrogen) atoms. The number of benzene rings is 1. The first-order chi connectivity index (χ1) is 14.0. The number of Topliss-reactive ketones (excluding diaryl/α,β-unsaturated/α-hetero) is 1. The zero-order chi connectivity index (χ0) is 20.4. The van der Waals surface area contributed by atoms with E-state index in [1.54, 1.807) is 53.8 Å². The monoisotopic (exact) mass is 386 g/mol. The Labute approximate surface area is 166 Å². The number of hydrogen-bond donors (Lipinski definition) is 1. The summed E-state index contributed by atoms with van der Waals surface area (Å²) in [5.41, 5.74) is 2.66. The van der Waals surface area contributed by atoms with Crippen LogP contribution in [0, 0.1) is 13.8 Å². The van der Waals surface area contributed by atoms with E-state index in [9.17, 15) is 9.59 Å². The van der Waals surface area contributed by atoms with Crippen LogP contribution < -0.4 is 5.32 Å². The Morgan fingerprint density at radius 2 is 1.79 bits per heavy atom. The quantitative estimate of drug-likeness (QED) is 0.420. The lowest BCUT2D eigenvalue weighted by Gasteiger charge is -2.07. The van der Waals surface area contributed by atoms with Crippen molar-refractivity contribution in [1.29, 1.82) is 0 Å². The Hall–Kier alpha value is -4.07. The molecule has 0 unspecified atom stereocenters. The van der Waals surface area contributed by atoms with E-state index in [-0.39, 0.29) is 0 Å². The molecule has 8 nitrogen and oxygen atoms in total. The lowest BCUT2D eigenvalue weighted by atomic mass is 10.1. The number of hydrogen-bond acceptors (Lipinski definition) is 5. The first-order valence-corrected chi connectivity index (χ1v) is 8.98. The van der Waals surface area contributed by atoms with Gasteiger partial charge in [0.15, 0.2) is 5.82 Å². The largest absolute Gasteiger partial charge is 0.318 e. The highest BCUT2D eigenvalue weighted by Gasteiger charge is 2.25. The molecule has 1 aromatic carbocycles. The van der Waals surface area contributed by atoms with Crippen LogP contribution >= 0.6 is 0 Å². The molecule has 0 radical (unpaired) electrons. The second-order valence-corrected chi connectivity index (χ2v) is 6.43. The number of carbonyl (C=O) groups excluding carboxylic acids is 2. The number of nitrogens with zero attached hydrogens (tertiary/aromatic N) is 5. The Kier molecular flexibility index (Phi) is 4.74. The summed E-state index contributed by atoms with van der Waals surface area (Å²) in [6.45, 7) is 3.49. The Morgan fingerprint density at radius 3 is 2.45 bits per heavy atom. The Bertz CT molecular complexity index is 1160. The minimum absolute atomic E-state index is 0.299. The molecule has 4 rings (SSSR count). The van der Waals surface area contributed by atoms with Crippen LogP contribution in [0.2, 0.25) is 0 Å². The fourth-order valence-electron chi connectivity index (χ4n) is 3.09.